The molecule has 9 nitrogen and oxygen atoms in total. The van der Waals surface area contributed by atoms with Crippen molar-refractivity contribution in [3.63, 3.8) is 0 Å². The number of hydrogen-bond donors (Lipinski definition) is 1. The Kier molecular flexibility index (Phi) is 8.16. The fourth-order valence-electron chi connectivity index (χ4n) is 3.85. The second kappa shape index (κ2) is 11.5. The summed E-state index contributed by atoms with van der Waals surface area (Å²) < 4.78 is 20.7. The summed E-state index contributed by atoms with van der Waals surface area (Å²) in [7, 11) is 0. The van der Waals surface area contributed by atoms with Crippen LogP contribution < -0.4 is 15.0 Å². The molecule has 1 atom stereocenters. The van der Waals surface area contributed by atoms with Crippen LogP contribution in [-0.2, 0) is 16.1 Å². The highest BCUT2D eigenvalue weighted by Crippen LogP contribution is 2.32. The molecule has 0 spiro atoms. The van der Waals surface area contributed by atoms with E-state index in [2.05, 4.69) is 20.7 Å². The summed E-state index contributed by atoms with van der Waals surface area (Å²) in [6.07, 6.45) is 0. The van der Waals surface area contributed by atoms with Crippen molar-refractivity contribution in [2.75, 3.05) is 11.5 Å². The molecule has 4 aromatic rings. The largest absolute Gasteiger partial charge is 0.494 e. The number of aromatic nitrogens is 4. The predicted octanol–water partition coefficient (Wildman–Crippen LogP) is 4.63. The Bertz CT molecular complexity index is 1380. The van der Waals surface area contributed by atoms with Crippen molar-refractivity contribution in [3.05, 3.63) is 77.4 Å². The number of nitrogens with zero attached hydrogens (tertiary/aromatic N) is 5. The van der Waals surface area contributed by atoms with E-state index in [0.717, 1.165) is 14.6 Å². The Balaban J connectivity index is 1.76. The molecular formula is C27H29FN6O3S. The minimum atomic E-state index is -1.19. The molecule has 0 saturated heterocycles. The van der Waals surface area contributed by atoms with E-state index in [1.165, 1.54) is 29.5 Å². The summed E-state index contributed by atoms with van der Waals surface area (Å²) in [5, 5.41) is 17.2. The third-order valence-corrected chi connectivity index (χ3v) is 6.23. The van der Waals surface area contributed by atoms with Crippen molar-refractivity contribution < 1.29 is 18.7 Å². The lowest BCUT2D eigenvalue weighted by Gasteiger charge is -2.33. The highest BCUT2D eigenvalue weighted by Gasteiger charge is 2.36. The van der Waals surface area contributed by atoms with E-state index in [1.807, 2.05) is 45.2 Å². The van der Waals surface area contributed by atoms with Gasteiger partial charge in [0.25, 0.3) is 5.91 Å². The number of ether oxygens (including phenoxy) is 1. The van der Waals surface area contributed by atoms with Crippen molar-refractivity contribution in [2.45, 2.75) is 45.8 Å². The van der Waals surface area contributed by atoms with Gasteiger partial charge >= 0.3 is 0 Å². The van der Waals surface area contributed by atoms with Crippen LogP contribution in [0.4, 0.5) is 10.1 Å². The van der Waals surface area contributed by atoms with Gasteiger partial charge in [0.15, 0.2) is 0 Å². The molecule has 0 saturated carbocycles. The van der Waals surface area contributed by atoms with Crippen LogP contribution in [0.5, 0.6) is 5.75 Å². The van der Waals surface area contributed by atoms with E-state index in [4.69, 9.17) is 4.74 Å². The van der Waals surface area contributed by atoms with Gasteiger partial charge < -0.3 is 10.1 Å². The Hall–Kier alpha value is -4.12. The molecule has 2 aromatic carbocycles. The number of carbonyl (C=O) groups is 2. The van der Waals surface area contributed by atoms with Crippen LogP contribution in [0.1, 0.15) is 39.3 Å². The van der Waals surface area contributed by atoms with E-state index < -0.39 is 29.2 Å². The van der Waals surface area contributed by atoms with Crippen LogP contribution in [0, 0.1) is 5.82 Å². The van der Waals surface area contributed by atoms with Crippen molar-refractivity contribution in [2.24, 2.45) is 0 Å². The number of anilines is 1. The smallest absolute Gasteiger partial charge is 0.251 e. The van der Waals surface area contributed by atoms with Gasteiger partial charge in [-0.05, 0) is 74.2 Å². The molecule has 4 rings (SSSR count). The summed E-state index contributed by atoms with van der Waals surface area (Å²) in [4.78, 5) is 30.6. The van der Waals surface area contributed by atoms with E-state index in [9.17, 15) is 9.59 Å². The molecule has 1 N–H and O–H groups in total. The minimum absolute atomic E-state index is 0.0426. The zero-order chi connectivity index (χ0) is 27.3. The molecule has 1 unspecified atom stereocenters. The first-order valence-electron chi connectivity index (χ1n) is 12.1. The molecule has 0 bridgehead atoms. The number of nitrogens with one attached hydrogen (secondary N) is 1. The molecule has 0 aliphatic rings. The average molecular weight is 537 g/mol. The molecule has 0 radical (unpaired) electrons. The maximum Gasteiger partial charge on any atom is 0.251 e. The first-order valence-corrected chi connectivity index (χ1v) is 13.0. The number of carbonyl (C=O) groups excluding carboxylic acids is 2. The zero-order valence-electron chi connectivity index (χ0n) is 21.6. The molecule has 0 aliphatic carbocycles. The van der Waals surface area contributed by atoms with Gasteiger partial charge in [0.2, 0.25) is 11.7 Å². The van der Waals surface area contributed by atoms with Crippen molar-refractivity contribution in [1.29, 1.82) is 0 Å². The number of thiophene rings is 1. The molecule has 2 amide bonds. The molecule has 2 aromatic heterocycles. The van der Waals surface area contributed by atoms with Crippen LogP contribution >= 0.6 is 11.3 Å². The van der Waals surface area contributed by atoms with Crippen LogP contribution in [0.15, 0.2) is 66.0 Å². The van der Waals surface area contributed by atoms with Gasteiger partial charge in [-0.15, -0.1) is 21.5 Å². The molecule has 2 heterocycles. The summed E-state index contributed by atoms with van der Waals surface area (Å²) >= 11 is 1.44. The number of tetrazole rings is 1. The average Bonchev–Trinajstić information content (AvgIpc) is 3.55. The Morgan fingerprint density at radius 3 is 2.47 bits per heavy atom. The monoisotopic (exact) mass is 536 g/mol. The van der Waals surface area contributed by atoms with Crippen LogP contribution in [-0.4, -0.2) is 44.2 Å². The Morgan fingerprint density at radius 2 is 1.84 bits per heavy atom. The van der Waals surface area contributed by atoms with Crippen LogP contribution in [0.2, 0.25) is 0 Å². The highest BCUT2D eigenvalue weighted by atomic mass is 32.1. The third-order valence-electron chi connectivity index (χ3n) is 5.36. The molecule has 0 aliphatic heterocycles. The van der Waals surface area contributed by atoms with Crippen LogP contribution in [0.3, 0.4) is 0 Å². The lowest BCUT2D eigenvalue weighted by atomic mass is 10.0. The van der Waals surface area contributed by atoms with Gasteiger partial charge in [-0.2, -0.15) is 4.80 Å². The predicted molar refractivity (Wildman–Crippen MR) is 143 cm³/mol. The van der Waals surface area contributed by atoms with E-state index in [0.29, 0.717) is 23.7 Å². The highest BCUT2D eigenvalue weighted by molar-refractivity contribution is 7.13. The molecule has 0 fully saturated rings. The number of halogens is 1. The summed E-state index contributed by atoms with van der Waals surface area (Å²) in [6.45, 7) is 7.49. The van der Waals surface area contributed by atoms with E-state index in [1.54, 1.807) is 30.3 Å². The van der Waals surface area contributed by atoms with Gasteiger partial charge in [0.1, 0.15) is 24.2 Å². The van der Waals surface area contributed by atoms with Crippen LogP contribution in [0.25, 0.3) is 10.7 Å². The lowest BCUT2D eigenvalue weighted by Crippen LogP contribution is -2.50. The van der Waals surface area contributed by atoms with Gasteiger partial charge in [-0.25, -0.2) is 4.39 Å². The summed E-state index contributed by atoms with van der Waals surface area (Å²) in [6, 6.07) is 15.2. The number of hydrogen-bond acceptors (Lipinski definition) is 7. The SMILES string of the molecule is CCOc1ccc(C(C(=O)NC(C)(C)C)N(C(=O)Cn2nnc(-c3cccs3)n2)c2ccccc2F)cc1. The topological polar surface area (TPSA) is 102 Å². The number of para-hydroxylation sites is 1. The number of rotatable bonds is 9. The van der Waals surface area contributed by atoms with E-state index in [-0.39, 0.29) is 12.2 Å². The molecule has 198 valence electrons. The number of amides is 2. The van der Waals surface area contributed by atoms with Gasteiger partial charge in [-0.1, -0.05) is 30.3 Å². The quantitative estimate of drug-likeness (QED) is 0.335. The van der Waals surface area contributed by atoms with Crippen molar-refractivity contribution in [3.8, 4) is 16.5 Å². The fourth-order valence-corrected chi connectivity index (χ4v) is 4.49. The molecule has 38 heavy (non-hydrogen) atoms. The standard InChI is InChI=1S/C27H29FN6O3S/c1-5-37-19-14-12-18(13-15-19)24(26(36)29-27(2,3)4)34(21-10-7-6-9-20(21)28)23(35)17-33-31-25(30-32-33)22-11-8-16-38-22/h6-16,24H,5,17H2,1-4H3,(H,29,36). The first kappa shape index (κ1) is 26.9. The van der Waals surface area contributed by atoms with Gasteiger partial charge in [0.05, 0.1) is 17.2 Å². The molecule has 11 heteroatoms. The second-order valence-corrected chi connectivity index (χ2v) is 10.4. The maximum absolute atomic E-state index is 15.2. The summed E-state index contributed by atoms with van der Waals surface area (Å²) in [5.74, 6) is -0.717. The maximum atomic E-state index is 15.2. The zero-order valence-corrected chi connectivity index (χ0v) is 22.4. The minimum Gasteiger partial charge on any atom is -0.494 e. The van der Waals surface area contributed by atoms with Crippen molar-refractivity contribution >= 4 is 28.8 Å². The van der Waals surface area contributed by atoms with E-state index >= 15 is 4.39 Å². The Morgan fingerprint density at radius 1 is 1.11 bits per heavy atom. The number of benzene rings is 2. The summed E-state index contributed by atoms with van der Waals surface area (Å²) in [5.41, 5.74) is -0.162. The Labute approximate surface area is 224 Å². The second-order valence-electron chi connectivity index (χ2n) is 9.48. The lowest BCUT2D eigenvalue weighted by molar-refractivity contribution is -0.128. The first-order chi connectivity index (χ1) is 18.2. The van der Waals surface area contributed by atoms with Gasteiger partial charge in [0, 0.05) is 5.54 Å². The third kappa shape index (κ3) is 6.41. The van der Waals surface area contributed by atoms with Gasteiger partial charge in [-0.3, -0.25) is 14.5 Å². The molecular weight excluding hydrogens is 507 g/mol. The normalized spacial score (nSPS) is 12.1. The van der Waals surface area contributed by atoms with Crippen molar-refractivity contribution in [1.82, 2.24) is 25.5 Å². The fraction of sp³-hybridized carbons (Fsp3) is 0.296.